The molecule has 0 fully saturated rings. The van der Waals surface area contributed by atoms with Gasteiger partial charge in [-0.25, -0.2) is 0 Å². The average molecular weight is 308 g/mol. The van der Waals surface area contributed by atoms with Crippen molar-refractivity contribution in [3.8, 4) is 0 Å². The van der Waals surface area contributed by atoms with E-state index in [4.69, 9.17) is 4.42 Å². The Bertz CT molecular complexity index is 522. The van der Waals surface area contributed by atoms with Gasteiger partial charge < -0.3 is 9.73 Å². The van der Waals surface area contributed by atoms with Gasteiger partial charge >= 0.3 is 0 Å². The Morgan fingerprint density at radius 1 is 1.28 bits per heavy atom. The third-order valence-electron chi connectivity index (χ3n) is 2.73. The van der Waals surface area contributed by atoms with Crippen LogP contribution in [-0.4, -0.2) is 12.5 Å². The van der Waals surface area contributed by atoms with Gasteiger partial charge in [0.1, 0.15) is 0 Å². The summed E-state index contributed by atoms with van der Waals surface area (Å²) >= 11 is 3.17. The van der Waals surface area contributed by atoms with Gasteiger partial charge in [0, 0.05) is 6.54 Å². The van der Waals surface area contributed by atoms with Crippen molar-refractivity contribution in [3.63, 3.8) is 0 Å². The molecular formula is C14H14BrNO2. The number of halogens is 1. The maximum Gasteiger partial charge on any atom is 0.287 e. The van der Waals surface area contributed by atoms with Gasteiger partial charge in [0.2, 0.25) is 0 Å². The first-order chi connectivity index (χ1) is 8.66. The standard InChI is InChI=1S/C14H14BrNO2/c1-10(11-5-3-2-4-6-11)9-16-14(17)12-7-8-13(15)18-12/h2-8,10H,9H2,1H3,(H,16,17). The van der Waals surface area contributed by atoms with Gasteiger partial charge in [-0.2, -0.15) is 0 Å². The van der Waals surface area contributed by atoms with Gasteiger partial charge in [0.25, 0.3) is 5.91 Å². The number of carbonyl (C=O) groups excluding carboxylic acids is 1. The lowest BCUT2D eigenvalue weighted by Gasteiger charge is -2.12. The van der Waals surface area contributed by atoms with Crippen LogP contribution < -0.4 is 5.32 Å². The van der Waals surface area contributed by atoms with Crippen LogP contribution in [0.3, 0.4) is 0 Å². The quantitative estimate of drug-likeness (QED) is 0.938. The van der Waals surface area contributed by atoms with Gasteiger partial charge in [0.05, 0.1) is 0 Å². The maximum atomic E-state index is 11.8. The van der Waals surface area contributed by atoms with Crippen LogP contribution in [-0.2, 0) is 0 Å². The predicted octanol–water partition coefficient (Wildman–Crippen LogP) is 3.58. The molecule has 1 N–H and O–H groups in total. The molecule has 1 aromatic heterocycles. The summed E-state index contributed by atoms with van der Waals surface area (Å²) in [6, 6.07) is 13.4. The molecule has 94 valence electrons. The first kappa shape index (κ1) is 12.9. The fourth-order valence-electron chi connectivity index (χ4n) is 1.67. The number of carbonyl (C=O) groups is 1. The molecule has 0 spiro atoms. The lowest BCUT2D eigenvalue weighted by molar-refractivity contribution is 0.0922. The molecule has 1 atom stereocenters. The highest BCUT2D eigenvalue weighted by Crippen LogP contribution is 2.15. The molecule has 0 bridgehead atoms. The largest absolute Gasteiger partial charge is 0.444 e. The highest BCUT2D eigenvalue weighted by atomic mass is 79.9. The molecule has 1 unspecified atom stereocenters. The molecule has 18 heavy (non-hydrogen) atoms. The summed E-state index contributed by atoms with van der Waals surface area (Å²) in [7, 11) is 0. The summed E-state index contributed by atoms with van der Waals surface area (Å²) in [6.07, 6.45) is 0. The highest BCUT2D eigenvalue weighted by Gasteiger charge is 2.12. The second-order valence-electron chi connectivity index (χ2n) is 4.13. The Hall–Kier alpha value is -1.55. The van der Waals surface area contributed by atoms with E-state index < -0.39 is 0 Å². The number of rotatable bonds is 4. The van der Waals surface area contributed by atoms with Crippen molar-refractivity contribution >= 4 is 21.8 Å². The molecule has 1 heterocycles. The van der Waals surface area contributed by atoms with Crippen LogP contribution in [0.1, 0.15) is 29.0 Å². The molecule has 2 aromatic rings. The van der Waals surface area contributed by atoms with E-state index in [2.05, 4.69) is 40.3 Å². The highest BCUT2D eigenvalue weighted by molar-refractivity contribution is 9.10. The summed E-state index contributed by atoms with van der Waals surface area (Å²) in [5.74, 6) is 0.402. The minimum atomic E-state index is -0.191. The molecule has 0 saturated carbocycles. The second kappa shape index (κ2) is 5.87. The van der Waals surface area contributed by atoms with Crippen LogP contribution in [0.2, 0.25) is 0 Å². The third-order valence-corrected chi connectivity index (χ3v) is 3.16. The fourth-order valence-corrected chi connectivity index (χ4v) is 1.98. The van der Waals surface area contributed by atoms with Gasteiger partial charge in [0.15, 0.2) is 10.4 Å². The SMILES string of the molecule is CC(CNC(=O)c1ccc(Br)o1)c1ccccc1. The Kier molecular flexibility index (Phi) is 4.20. The number of nitrogens with one attached hydrogen (secondary N) is 1. The summed E-state index contributed by atoms with van der Waals surface area (Å²) in [5.41, 5.74) is 1.21. The first-order valence-electron chi connectivity index (χ1n) is 5.75. The molecule has 1 amide bonds. The summed E-state index contributed by atoms with van der Waals surface area (Å²) < 4.78 is 5.75. The van der Waals surface area contributed by atoms with E-state index in [0.29, 0.717) is 17.0 Å². The predicted molar refractivity (Wildman–Crippen MR) is 73.6 cm³/mol. The van der Waals surface area contributed by atoms with E-state index in [0.717, 1.165) is 0 Å². The van der Waals surface area contributed by atoms with E-state index in [1.54, 1.807) is 12.1 Å². The van der Waals surface area contributed by atoms with Gasteiger partial charge in [-0.05, 0) is 39.5 Å². The minimum Gasteiger partial charge on any atom is -0.444 e. The van der Waals surface area contributed by atoms with Crippen molar-refractivity contribution in [3.05, 3.63) is 58.5 Å². The minimum absolute atomic E-state index is 0.191. The van der Waals surface area contributed by atoms with Gasteiger partial charge in [-0.1, -0.05) is 37.3 Å². The maximum absolute atomic E-state index is 11.8. The van der Waals surface area contributed by atoms with Crippen molar-refractivity contribution in [2.75, 3.05) is 6.54 Å². The summed E-state index contributed by atoms with van der Waals surface area (Å²) in [5, 5.41) is 2.86. The fraction of sp³-hybridized carbons (Fsp3) is 0.214. The number of benzene rings is 1. The number of furan rings is 1. The average Bonchev–Trinajstić information content (AvgIpc) is 2.83. The van der Waals surface area contributed by atoms with Crippen molar-refractivity contribution in [2.24, 2.45) is 0 Å². The van der Waals surface area contributed by atoms with Crippen LogP contribution >= 0.6 is 15.9 Å². The number of hydrogen-bond donors (Lipinski definition) is 1. The zero-order valence-electron chi connectivity index (χ0n) is 10.0. The molecular weight excluding hydrogens is 294 g/mol. The van der Waals surface area contributed by atoms with E-state index in [1.165, 1.54) is 5.56 Å². The molecule has 2 rings (SSSR count). The molecule has 0 radical (unpaired) electrons. The van der Waals surface area contributed by atoms with E-state index in [1.807, 2.05) is 18.2 Å². The summed E-state index contributed by atoms with van der Waals surface area (Å²) in [6.45, 7) is 2.66. The van der Waals surface area contributed by atoms with Crippen LogP contribution in [0.25, 0.3) is 0 Å². The van der Waals surface area contributed by atoms with Crippen molar-refractivity contribution in [1.29, 1.82) is 0 Å². The normalized spacial score (nSPS) is 12.1. The lowest BCUT2D eigenvalue weighted by Crippen LogP contribution is -2.27. The molecule has 0 aliphatic rings. The summed E-state index contributed by atoms with van der Waals surface area (Å²) in [4.78, 5) is 11.8. The second-order valence-corrected chi connectivity index (χ2v) is 4.91. The molecule has 0 saturated heterocycles. The van der Waals surface area contributed by atoms with Crippen LogP contribution in [0.4, 0.5) is 0 Å². The smallest absolute Gasteiger partial charge is 0.287 e. The molecule has 0 aliphatic heterocycles. The van der Waals surface area contributed by atoms with Crippen molar-refractivity contribution < 1.29 is 9.21 Å². The van der Waals surface area contributed by atoms with Crippen LogP contribution in [0, 0.1) is 0 Å². The van der Waals surface area contributed by atoms with Crippen LogP contribution in [0.5, 0.6) is 0 Å². The third kappa shape index (κ3) is 3.23. The first-order valence-corrected chi connectivity index (χ1v) is 6.54. The van der Waals surface area contributed by atoms with E-state index in [9.17, 15) is 4.79 Å². The number of hydrogen-bond acceptors (Lipinski definition) is 2. The zero-order valence-corrected chi connectivity index (χ0v) is 11.6. The Morgan fingerprint density at radius 2 is 2.00 bits per heavy atom. The Balaban J connectivity index is 1.90. The Labute approximate surface area is 114 Å². The molecule has 4 heteroatoms. The van der Waals surface area contributed by atoms with Gasteiger partial charge in [-0.3, -0.25) is 4.79 Å². The van der Waals surface area contributed by atoms with Crippen molar-refractivity contribution in [1.82, 2.24) is 5.32 Å². The topological polar surface area (TPSA) is 42.2 Å². The van der Waals surface area contributed by atoms with Crippen molar-refractivity contribution in [2.45, 2.75) is 12.8 Å². The molecule has 3 nitrogen and oxygen atoms in total. The van der Waals surface area contributed by atoms with E-state index in [-0.39, 0.29) is 11.8 Å². The van der Waals surface area contributed by atoms with E-state index >= 15 is 0 Å². The van der Waals surface area contributed by atoms with Gasteiger partial charge in [-0.15, -0.1) is 0 Å². The number of amides is 1. The Morgan fingerprint density at radius 3 is 2.61 bits per heavy atom. The molecule has 1 aromatic carbocycles. The lowest BCUT2D eigenvalue weighted by atomic mass is 10.0. The molecule has 0 aliphatic carbocycles. The van der Waals surface area contributed by atoms with Crippen LogP contribution in [0.15, 0.2) is 51.6 Å². The zero-order chi connectivity index (χ0) is 13.0. The monoisotopic (exact) mass is 307 g/mol.